The number of aromatic hydroxyl groups is 1. The van der Waals surface area contributed by atoms with E-state index in [-0.39, 0.29) is 55.4 Å². The minimum atomic E-state index is -0.715. The molecular formula is C37H36ClF2N5O3. The first kappa shape index (κ1) is 30.3. The van der Waals surface area contributed by atoms with Gasteiger partial charge in [0, 0.05) is 66.6 Å². The second-order valence-electron chi connectivity index (χ2n) is 14.5. The molecule has 3 aromatic carbocycles. The molecule has 2 saturated carbocycles. The predicted molar refractivity (Wildman–Crippen MR) is 181 cm³/mol. The summed E-state index contributed by atoms with van der Waals surface area (Å²) in [7, 11) is 0. The monoisotopic (exact) mass is 671 g/mol. The summed E-state index contributed by atoms with van der Waals surface area (Å²) in [6.07, 6.45) is 12.2. The molecule has 3 aliphatic heterocycles. The number of hydrogen-bond acceptors (Lipinski definition) is 8. The number of morpholine rings is 1. The average molecular weight is 672 g/mol. The maximum atomic E-state index is 17.1. The van der Waals surface area contributed by atoms with E-state index in [1.807, 2.05) is 0 Å². The first-order valence-corrected chi connectivity index (χ1v) is 17.2. The molecule has 1 spiro atoms. The lowest BCUT2D eigenvalue weighted by Crippen LogP contribution is -2.51. The van der Waals surface area contributed by atoms with Gasteiger partial charge in [-0.05, 0) is 73.7 Å². The molecule has 2 aliphatic carbocycles. The number of phenolic OH excluding ortho intramolecular Hbond substituents is 1. The van der Waals surface area contributed by atoms with E-state index in [1.165, 1.54) is 24.3 Å². The van der Waals surface area contributed by atoms with Crippen LogP contribution in [0.1, 0.15) is 44.1 Å². The summed E-state index contributed by atoms with van der Waals surface area (Å²) >= 11 is 6.90. The molecular weight excluding hydrogens is 636 g/mol. The van der Waals surface area contributed by atoms with E-state index >= 15 is 4.39 Å². The first-order chi connectivity index (χ1) is 23.2. The quantitative estimate of drug-likeness (QED) is 0.231. The van der Waals surface area contributed by atoms with Gasteiger partial charge in [-0.15, -0.1) is 6.42 Å². The number of halogens is 3. The molecule has 4 heterocycles. The van der Waals surface area contributed by atoms with Gasteiger partial charge in [0.25, 0.3) is 0 Å². The fourth-order valence-corrected chi connectivity index (χ4v) is 8.46. The van der Waals surface area contributed by atoms with Gasteiger partial charge < -0.3 is 24.8 Å². The number of piperazine rings is 1. The molecule has 2 unspecified atom stereocenters. The van der Waals surface area contributed by atoms with Gasteiger partial charge in [-0.1, -0.05) is 23.6 Å². The number of hydrogen-bond donors (Lipinski definition) is 2. The third-order valence-corrected chi connectivity index (χ3v) is 11.3. The minimum absolute atomic E-state index is 0.0000672. The highest BCUT2D eigenvalue weighted by Crippen LogP contribution is 2.49. The van der Waals surface area contributed by atoms with E-state index in [0.29, 0.717) is 48.4 Å². The van der Waals surface area contributed by atoms with Gasteiger partial charge in [-0.2, -0.15) is 9.97 Å². The van der Waals surface area contributed by atoms with Crippen molar-refractivity contribution in [1.82, 2.24) is 20.2 Å². The van der Waals surface area contributed by atoms with Crippen molar-refractivity contribution in [3.8, 4) is 35.2 Å². The van der Waals surface area contributed by atoms with Crippen molar-refractivity contribution in [3.63, 3.8) is 0 Å². The Bertz CT molecular complexity index is 2010. The molecule has 8 nitrogen and oxygen atoms in total. The van der Waals surface area contributed by atoms with E-state index in [9.17, 15) is 9.50 Å². The lowest BCUT2D eigenvalue weighted by molar-refractivity contribution is -0.0532. The fourth-order valence-electron chi connectivity index (χ4n) is 8.16. The van der Waals surface area contributed by atoms with Gasteiger partial charge in [0.2, 0.25) is 0 Å². The van der Waals surface area contributed by atoms with E-state index < -0.39 is 11.6 Å². The SMILES string of the molecule is C#Cc1c(F)ccc2cc(O)cc(-c3c(Cl)cc4c(N5CC6CCC(C5)N6)nc(OCC5(CN6CCOC7(CC7)C6)CC5)nc4c3F)c12. The Hall–Kier alpha value is -3.75. The van der Waals surface area contributed by atoms with Crippen LogP contribution >= 0.6 is 11.6 Å². The van der Waals surface area contributed by atoms with E-state index in [1.54, 1.807) is 6.07 Å². The molecule has 2 N–H and O–H groups in total. The van der Waals surface area contributed by atoms with Crippen molar-refractivity contribution in [3.05, 3.63) is 52.6 Å². The van der Waals surface area contributed by atoms with E-state index in [4.69, 9.17) is 32.5 Å². The van der Waals surface area contributed by atoms with Crippen molar-refractivity contribution >= 4 is 39.1 Å². The molecule has 0 amide bonds. The lowest BCUT2D eigenvalue weighted by atomic mass is 9.93. The van der Waals surface area contributed by atoms with Crippen LogP contribution in [0.5, 0.6) is 11.8 Å². The molecule has 0 radical (unpaired) electrons. The van der Waals surface area contributed by atoms with Crippen LogP contribution < -0.4 is 15.0 Å². The van der Waals surface area contributed by atoms with Crippen molar-refractivity contribution < 1.29 is 23.4 Å². The van der Waals surface area contributed by atoms with Gasteiger partial charge in [0.1, 0.15) is 22.9 Å². The molecule has 2 bridgehead atoms. The minimum Gasteiger partial charge on any atom is -0.508 e. The van der Waals surface area contributed by atoms with Crippen LogP contribution in [0.15, 0.2) is 30.3 Å². The van der Waals surface area contributed by atoms with Crippen molar-refractivity contribution in [2.24, 2.45) is 5.41 Å². The normalized spacial score (nSPS) is 23.9. The number of phenols is 1. The highest BCUT2D eigenvalue weighted by molar-refractivity contribution is 6.35. The summed E-state index contributed by atoms with van der Waals surface area (Å²) in [4.78, 5) is 14.2. The van der Waals surface area contributed by atoms with Gasteiger partial charge in [0.05, 0.1) is 29.4 Å². The van der Waals surface area contributed by atoms with Crippen molar-refractivity contribution in [1.29, 1.82) is 0 Å². The van der Waals surface area contributed by atoms with Gasteiger partial charge >= 0.3 is 6.01 Å². The number of aromatic nitrogens is 2. The summed E-state index contributed by atoms with van der Waals surface area (Å²) < 4.78 is 44.4. The molecule has 5 fully saturated rings. The zero-order valence-electron chi connectivity index (χ0n) is 26.5. The topological polar surface area (TPSA) is 83.0 Å². The molecule has 3 saturated heterocycles. The van der Waals surface area contributed by atoms with Crippen LogP contribution in [0, 0.1) is 29.4 Å². The maximum Gasteiger partial charge on any atom is 0.319 e. The summed E-state index contributed by atoms with van der Waals surface area (Å²) in [6.45, 7) is 5.41. The molecule has 5 aliphatic rings. The zero-order valence-corrected chi connectivity index (χ0v) is 27.3. The smallest absolute Gasteiger partial charge is 0.319 e. The fraction of sp³-hybridized carbons (Fsp3) is 0.459. The zero-order chi connectivity index (χ0) is 32.8. The van der Waals surface area contributed by atoms with Crippen LogP contribution in [-0.2, 0) is 4.74 Å². The summed E-state index contributed by atoms with van der Waals surface area (Å²) in [5.74, 6) is 1.51. The molecule has 248 valence electrons. The Balaban J connectivity index is 1.13. The van der Waals surface area contributed by atoms with E-state index in [2.05, 4.69) is 26.0 Å². The number of terminal acetylenes is 1. The molecule has 1 aromatic heterocycles. The Morgan fingerprint density at radius 3 is 2.62 bits per heavy atom. The van der Waals surface area contributed by atoms with Gasteiger partial charge in [-0.3, -0.25) is 4.90 Å². The van der Waals surface area contributed by atoms with Gasteiger partial charge in [0.15, 0.2) is 5.82 Å². The highest BCUT2D eigenvalue weighted by atomic mass is 35.5. The summed E-state index contributed by atoms with van der Waals surface area (Å²) in [6, 6.07) is 7.96. The first-order valence-electron chi connectivity index (χ1n) is 16.8. The number of ether oxygens (including phenoxy) is 2. The predicted octanol–water partition coefficient (Wildman–Crippen LogP) is 6.03. The number of nitrogens with zero attached hydrogens (tertiary/aromatic N) is 4. The van der Waals surface area contributed by atoms with Crippen molar-refractivity contribution in [2.75, 3.05) is 50.8 Å². The van der Waals surface area contributed by atoms with E-state index in [0.717, 1.165) is 64.8 Å². The largest absolute Gasteiger partial charge is 0.508 e. The Morgan fingerprint density at radius 2 is 1.90 bits per heavy atom. The average Bonchev–Trinajstić information content (AvgIpc) is 3.99. The lowest BCUT2D eigenvalue weighted by Gasteiger charge is -2.35. The molecule has 11 heteroatoms. The number of rotatable bonds is 7. The maximum absolute atomic E-state index is 17.1. The standard InChI is InChI=1S/C37H36ClF2N5O3/c1-2-25-29(39)6-3-21-13-24(46)14-26(30(21)25)31-28(38)15-27-33(32(31)40)42-35(43-34(27)45-16-22-4-5-23(17-45)41-22)47-20-36(7-8-36)18-44-11-12-48-37(19-44)9-10-37/h1,3,6,13-15,22-23,41,46H,4-5,7-12,16-20H2. The number of benzene rings is 3. The Kier molecular flexibility index (Phi) is 7.04. The summed E-state index contributed by atoms with van der Waals surface area (Å²) in [5, 5.41) is 15.6. The molecule has 4 aromatic rings. The van der Waals surface area contributed by atoms with Crippen LogP contribution in [0.3, 0.4) is 0 Å². The summed E-state index contributed by atoms with van der Waals surface area (Å²) in [5.41, 5.74) is 0.218. The number of nitrogens with one attached hydrogen (secondary N) is 1. The Labute approximate surface area is 282 Å². The second kappa shape index (κ2) is 11.1. The third-order valence-electron chi connectivity index (χ3n) is 11.0. The highest BCUT2D eigenvalue weighted by Gasteiger charge is 2.51. The second-order valence-corrected chi connectivity index (χ2v) is 14.9. The third kappa shape index (κ3) is 5.23. The van der Waals surface area contributed by atoms with Crippen molar-refractivity contribution in [2.45, 2.75) is 56.2 Å². The van der Waals surface area contributed by atoms with Crippen LogP contribution in [0.25, 0.3) is 32.8 Å². The molecule has 48 heavy (non-hydrogen) atoms. The van der Waals surface area contributed by atoms with Crippen LogP contribution in [-0.4, -0.2) is 83.6 Å². The molecule has 9 rings (SSSR count). The van der Waals surface area contributed by atoms with Crippen LogP contribution in [0.4, 0.5) is 14.6 Å². The van der Waals surface area contributed by atoms with Crippen LogP contribution in [0.2, 0.25) is 5.02 Å². The number of anilines is 1. The Morgan fingerprint density at radius 1 is 1.10 bits per heavy atom. The van der Waals surface area contributed by atoms with Gasteiger partial charge in [-0.25, -0.2) is 8.78 Å². The number of fused-ring (bicyclic) bond motifs is 4. The molecule has 2 atom stereocenters.